The lowest BCUT2D eigenvalue weighted by Crippen LogP contribution is -2.30. The van der Waals surface area contributed by atoms with Crippen molar-refractivity contribution in [3.63, 3.8) is 0 Å². The van der Waals surface area contributed by atoms with Crippen LogP contribution in [0.2, 0.25) is 0 Å². The van der Waals surface area contributed by atoms with Crippen LogP contribution >= 0.6 is 7.82 Å². The van der Waals surface area contributed by atoms with Gasteiger partial charge in [-0.15, -0.1) is 5.10 Å². The second kappa shape index (κ2) is 8.96. The van der Waals surface area contributed by atoms with Crippen molar-refractivity contribution >= 4 is 18.9 Å². The van der Waals surface area contributed by atoms with Crippen molar-refractivity contribution < 1.29 is 18.2 Å². The molecule has 0 saturated carbocycles. The van der Waals surface area contributed by atoms with Crippen LogP contribution in [0.5, 0.6) is 0 Å². The number of fused-ring (bicyclic) bond motifs is 1. The summed E-state index contributed by atoms with van der Waals surface area (Å²) in [5.74, 6) is 0. The molecule has 0 amide bonds. The Labute approximate surface area is 171 Å². The topological polar surface area (TPSA) is 105 Å². The monoisotopic (exact) mass is 424 g/mol. The predicted molar refractivity (Wildman–Crippen MR) is 108 cm³/mol. The maximum absolute atomic E-state index is 13.3. The standard InChI is InChI=1S/C20H17N4O5P/c25-20-19-18(12-7-13-21-19)22-23-24(20)29-30(26,27-14-16-8-3-1-4-9-16)28-15-17-10-5-2-6-11-17/h1-13H,14-15H2. The fourth-order valence-corrected chi connectivity index (χ4v) is 3.63. The lowest BCUT2D eigenvalue weighted by Gasteiger charge is -2.17. The fourth-order valence-electron chi connectivity index (χ4n) is 2.55. The highest BCUT2D eigenvalue weighted by Gasteiger charge is 2.31. The zero-order valence-electron chi connectivity index (χ0n) is 15.7. The zero-order valence-corrected chi connectivity index (χ0v) is 16.6. The second-order valence-electron chi connectivity index (χ2n) is 6.19. The third kappa shape index (κ3) is 4.77. The van der Waals surface area contributed by atoms with Crippen LogP contribution < -0.4 is 10.2 Å². The average Bonchev–Trinajstić information content (AvgIpc) is 2.80. The minimum atomic E-state index is -4.24. The van der Waals surface area contributed by atoms with E-state index in [2.05, 4.69) is 15.3 Å². The van der Waals surface area contributed by atoms with Crippen LogP contribution in [0.15, 0.2) is 83.8 Å². The summed E-state index contributed by atoms with van der Waals surface area (Å²) < 4.78 is 29.5. The maximum atomic E-state index is 13.3. The number of hydrogen-bond donors (Lipinski definition) is 0. The minimum absolute atomic E-state index is 0.0187. The SMILES string of the molecule is O=c1c2ncccc2nnn1OP(=O)(OCc1ccccc1)OCc1ccccc1. The Kier molecular flexibility index (Phi) is 5.94. The van der Waals surface area contributed by atoms with E-state index in [1.54, 1.807) is 36.4 Å². The lowest BCUT2D eigenvalue weighted by atomic mass is 10.2. The van der Waals surface area contributed by atoms with Crippen LogP contribution in [0.25, 0.3) is 11.0 Å². The van der Waals surface area contributed by atoms with Gasteiger partial charge in [0.15, 0.2) is 5.52 Å². The summed E-state index contributed by atoms with van der Waals surface area (Å²) >= 11 is 0. The summed E-state index contributed by atoms with van der Waals surface area (Å²) in [6, 6.07) is 21.4. The molecule has 10 heteroatoms. The van der Waals surface area contributed by atoms with Gasteiger partial charge in [-0.1, -0.05) is 60.7 Å². The number of pyridine rings is 1. The first-order chi connectivity index (χ1) is 14.6. The van der Waals surface area contributed by atoms with Gasteiger partial charge in [-0.05, 0) is 33.3 Å². The molecule has 0 radical (unpaired) electrons. The molecule has 0 unspecified atom stereocenters. The van der Waals surface area contributed by atoms with Crippen molar-refractivity contribution in [3.05, 3.63) is 100 Å². The first-order valence-electron chi connectivity index (χ1n) is 9.01. The van der Waals surface area contributed by atoms with Crippen molar-refractivity contribution in [2.75, 3.05) is 0 Å². The molecular formula is C20H17N4O5P. The third-order valence-electron chi connectivity index (χ3n) is 4.04. The molecule has 4 aromatic rings. The summed E-state index contributed by atoms with van der Waals surface area (Å²) in [5.41, 5.74) is 1.08. The number of aromatic nitrogens is 4. The summed E-state index contributed by atoms with van der Waals surface area (Å²) in [6.07, 6.45) is 1.44. The molecule has 9 nitrogen and oxygen atoms in total. The Morgan fingerprint density at radius 2 is 1.43 bits per heavy atom. The van der Waals surface area contributed by atoms with Crippen molar-refractivity contribution in [3.8, 4) is 0 Å². The van der Waals surface area contributed by atoms with Gasteiger partial charge in [0.25, 0.3) is 0 Å². The van der Waals surface area contributed by atoms with Gasteiger partial charge in [0.1, 0.15) is 5.52 Å². The molecule has 2 aromatic carbocycles. The molecule has 4 rings (SSSR count). The highest BCUT2D eigenvalue weighted by Crippen LogP contribution is 2.47. The number of phosphoric acid groups is 1. The fraction of sp³-hybridized carbons (Fsp3) is 0.100. The van der Waals surface area contributed by atoms with Crippen LogP contribution in [0.4, 0.5) is 0 Å². The molecule has 0 aliphatic carbocycles. The average molecular weight is 424 g/mol. The van der Waals surface area contributed by atoms with E-state index in [0.29, 0.717) is 4.85 Å². The number of nitrogens with zero attached hydrogens (tertiary/aromatic N) is 4. The van der Waals surface area contributed by atoms with E-state index in [-0.39, 0.29) is 24.2 Å². The van der Waals surface area contributed by atoms with Crippen molar-refractivity contribution in [2.24, 2.45) is 0 Å². The van der Waals surface area contributed by atoms with Crippen molar-refractivity contribution in [2.45, 2.75) is 13.2 Å². The maximum Gasteiger partial charge on any atom is 0.551 e. The molecule has 0 aliphatic rings. The molecule has 2 heterocycles. The molecule has 0 saturated heterocycles. The van der Waals surface area contributed by atoms with E-state index in [1.807, 2.05) is 36.4 Å². The van der Waals surface area contributed by atoms with Gasteiger partial charge in [-0.2, -0.15) is 0 Å². The van der Waals surface area contributed by atoms with Crippen LogP contribution in [-0.2, 0) is 26.8 Å². The molecule has 0 bridgehead atoms. The summed E-state index contributed by atoms with van der Waals surface area (Å²) in [4.78, 5) is 17.0. The third-order valence-corrected chi connectivity index (χ3v) is 5.28. The van der Waals surface area contributed by atoms with Crippen molar-refractivity contribution in [1.29, 1.82) is 0 Å². The normalized spacial score (nSPS) is 11.5. The molecule has 0 spiro atoms. The Bertz CT molecular complexity index is 1190. The molecule has 152 valence electrons. The van der Waals surface area contributed by atoms with E-state index in [0.717, 1.165) is 11.1 Å². The van der Waals surface area contributed by atoms with Crippen molar-refractivity contribution in [1.82, 2.24) is 20.1 Å². The van der Waals surface area contributed by atoms with Crippen LogP contribution in [-0.4, -0.2) is 20.1 Å². The largest absolute Gasteiger partial charge is 0.551 e. The number of phosphoric ester groups is 1. The van der Waals surface area contributed by atoms with Gasteiger partial charge >= 0.3 is 13.4 Å². The van der Waals surface area contributed by atoms with E-state index in [1.165, 1.54) is 6.20 Å². The zero-order chi connectivity index (χ0) is 20.8. The van der Waals surface area contributed by atoms with Gasteiger partial charge in [-0.25, -0.2) is 9.55 Å². The van der Waals surface area contributed by atoms with Gasteiger partial charge in [-0.3, -0.25) is 18.5 Å². The number of benzene rings is 2. The van der Waals surface area contributed by atoms with Gasteiger partial charge in [0, 0.05) is 6.20 Å². The summed E-state index contributed by atoms with van der Waals surface area (Å²) in [5, 5.41) is 7.52. The molecule has 2 aromatic heterocycles. The number of rotatable bonds is 8. The molecule has 0 aliphatic heterocycles. The Morgan fingerprint density at radius 3 is 2.03 bits per heavy atom. The van der Waals surface area contributed by atoms with Gasteiger partial charge in [0.05, 0.1) is 13.2 Å². The Morgan fingerprint density at radius 1 is 0.833 bits per heavy atom. The van der Waals surface area contributed by atoms with Crippen LogP contribution in [0, 0.1) is 0 Å². The molecule has 30 heavy (non-hydrogen) atoms. The first-order valence-corrected chi connectivity index (χ1v) is 10.5. The van der Waals surface area contributed by atoms with Crippen LogP contribution in [0.3, 0.4) is 0 Å². The lowest BCUT2D eigenvalue weighted by molar-refractivity contribution is 0.0758. The quantitative estimate of drug-likeness (QED) is 0.397. The van der Waals surface area contributed by atoms with E-state index < -0.39 is 13.4 Å². The second-order valence-corrected chi connectivity index (χ2v) is 7.76. The Balaban J connectivity index is 1.59. The summed E-state index contributed by atoms with van der Waals surface area (Å²) in [7, 11) is -4.24. The van der Waals surface area contributed by atoms with E-state index in [4.69, 9.17) is 13.7 Å². The number of hydrogen-bond acceptors (Lipinski definition) is 8. The molecule has 0 N–H and O–H groups in total. The highest BCUT2D eigenvalue weighted by molar-refractivity contribution is 7.48. The van der Waals surface area contributed by atoms with Crippen LogP contribution in [0.1, 0.15) is 11.1 Å². The molecule has 0 atom stereocenters. The summed E-state index contributed by atoms with van der Waals surface area (Å²) in [6.45, 7) is -0.109. The minimum Gasteiger partial charge on any atom is -0.288 e. The van der Waals surface area contributed by atoms with E-state index in [9.17, 15) is 9.36 Å². The Hall–Kier alpha value is -3.39. The van der Waals surface area contributed by atoms with E-state index >= 15 is 0 Å². The predicted octanol–water partition coefficient (Wildman–Crippen LogP) is 3.16. The molecule has 0 fully saturated rings. The smallest absolute Gasteiger partial charge is 0.288 e. The van der Waals surface area contributed by atoms with Gasteiger partial charge in [0.2, 0.25) is 0 Å². The van der Waals surface area contributed by atoms with Gasteiger partial charge < -0.3 is 0 Å². The first kappa shape index (κ1) is 19.9. The highest BCUT2D eigenvalue weighted by atomic mass is 31.2. The molecular weight excluding hydrogens is 407 g/mol.